The Hall–Kier alpha value is -1.93. The van der Waals surface area contributed by atoms with Crippen LogP contribution in [-0.2, 0) is 12.8 Å². The van der Waals surface area contributed by atoms with Gasteiger partial charge in [0.05, 0.1) is 13.3 Å². The number of aryl methyl sites for hydroxylation is 1. The molecule has 23 heavy (non-hydrogen) atoms. The first-order chi connectivity index (χ1) is 11.3. The number of aromatic nitrogens is 1. The van der Waals surface area contributed by atoms with Crippen molar-refractivity contribution in [3.8, 4) is 22.4 Å². The summed E-state index contributed by atoms with van der Waals surface area (Å²) in [6.45, 7) is -0.175. The van der Waals surface area contributed by atoms with Gasteiger partial charge in [-0.15, -0.1) is 11.3 Å². The van der Waals surface area contributed by atoms with Gasteiger partial charge in [-0.3, -0.25) is 4.39 Å². The third-order valence-electron chi connectivity index (χ3n) is 4.09. The largest absolute Gasteiger partial charge is 0.477 e. The molecule has 2 aromatic rings. The van der Waals surface area contributed by atoms with Gasteiger partial charge in [-0.05, 0) is 42.7 Å². The van der Waals surface area contributed by atoms with Crippen molar-refractivity contribution >= 4 is 11.3 Å². The Balaban J connectivity index is 2.13. The van der Waals surface area contributed by atoms with Crippen LogP contribution >= 0.6 is 11.3 Å². The average molecular weight is 330 g/mol. The maximum atomic E-state index is 12.3. The molecular weight excluding hydrogens is 311 g/mol. The summed E-state index contributed by atoms with van der Waals surface area (Å²) < 4.78 is 18.0. The smallest absolute Gasteiger partial charge is 0.232 e. The number of nitriles is 1. The number of halogens is 1. The molecule has 0 bridgehead atoms. The molecule has 120 valence electrons. The molecular formula is C18H19FN2OS. The lowest BCUT2D eigenvalue weighted by molar-refractivity contribution is 0.278. The van der Waals surface area contributed by atoms with Gasteiger partial charge in [0.1, 0.15) is 11.6 Å². The van der Waals surface area contributed by atoms with Crippen LogP contribution in [0.3, 0.4) is 0 Å². The lowest BCUT2D eigenvalue weighted by atomic mass is 9.96. The van der Waals surface area contributed by atoms with E-state index in [1.807, 2.05) is 17.5 Å². The topological polar surface area (TPSA) is 45.9 Å². The first-order valence-electron chi connectivity index (χ1n) is 8.03. The van der Waals surface area contributed by atoms with E-state index in [0.29, 0.717) is 17.9 Å². The lowest BCUT2D eigenvalue weighted by Gasteiger charge is -2.16. The van der Waals surface area contributed by atoms with E-state index in [1.165, 1.54) is 12.0 Å². The monoisotopic (exact) mass is 330 g/mol. The van der Waals surface area contributed by atoms with Crippen LogP contribution in [0.15, 0.2) is 17.5 Å². The number of ether oxygens (including phenoxy) is 1. The zero-order valence-corrected chi connectivity index (χ0v) is 13.8. The summed E-state index contributed by atoms with van der Waals surface area (Å²) in [6.07, 6.45) is 5.60. The number of thiophene rings is 1. The number of rotatable bonds is 5. The lowest BCUT2D eigenvalue weighted by Crippen LogP contribution is -2.08. The van der Waals surface area contributed by atoms with Crippen LogP contribution in [0.4, 0.5) is 4.39 Å². The van der Waals surface area contributed by atoms with E-state index in [1.54, 1.807) is 11.3 Å². The van der Waals surface area contributed by atoms with Gasteiger partial charge in [-0.2, -0.15) is 5.26 Å². The Labute approximate surface area is 139 Å². The van der Waals surface area contributed by atoms with Gasteiger partial charge >= 0.3 is 0 Å². The number of alkyl halides is 1. The van der Waals surface area contributed by atoms with Crippen molar-refractivity contribution in [2.24, 2.45) is 0 Å². The number of nitrogens with zero attached hydrogens (tertiary/aromatic N) is 2. The summed E-state index contributed by atoms with van der Waals surface area (Å²) in [5, 5.41) is 11.7. The molecule has 5 heteroatoms. The van der Waals surface area contributed by atoms with Crippen LogP contribution in [0.25, 0.3) is 10.4 Å². The molecule has 0 atom stereocenters. The van der Waals surface area contributed by atoms with Crippen molar-refractivity contribution in [2.45, 2.75) is 38.5 Å². The van der Waals surface area contributed by atoms with E-state index in [4.69, 9.17) is 4.74 Å². The maximum Gasteiger partial charge on any atom is 0.232 e. The number of fused-ring (bicyclic) bond motifs is 1. The molecule has 0 saturated carbocycles. The molecule has 0 saturated heterocycles. The quantitative estimate of drug-likeness (QED) is 0.590. The van der Waals surface area contributed by atoms with Crippen LogP contribution in [0.2, 0.25) is 0 Å². The Morgan fingerprint density at radius 3 is 2.91 bits per heavy atom. The third-order valence-corrected chi connectivity index (χ3v) is 4.97. The van der Waals surface area contributed by atoms with Crippen molar-refractivity contribution in [3.63, 3.8) is 0 Å². The van der Waals surface area contributed by atoms with Crippen molar-refractivity contribution in [3.05, 3.63) is 34.3 Å². The zero-order valence-electron chi connectivity index (χ0n) is 13.0. The Kier molecular flexibility index (Phi) is 5.24. The molecule has 1 aliphatic carbocycles. The number of pyridine rings is 1. The highest BCUT2D eigenvalue weighted by Crippen LogP contribution is 2.38. The Morgan fingerprint density at radius 2 is 2.17 bits per heavy atom. The SMILES string of the molecule is N#Cc1c(OCCCF)nc2c(c1-c1cccs1)CCCCC2. The van der Waals surface area contributed by atoms with Gasteiger partial charge in [0, 0.05) is 22.6 Å². The molecule has 0 amide bonds. The average Bonchev–Trinajstić information content (AvgIpc) is 2.99. The van der Waals surface area contributed by atoms with Gasteiger partial charge in [-0.1, -0.05) is 12.5 Å². The van der Waals surface area contributed by atoms with Crippen LogP contribution < -0.4 is 4.74 Å². The molecule has 0 spiro atoms. The molecule has 0 aromatic carbocycles. The Morgan fingerprint density at radius 1 is 1.30 bits per heavy atom. The summed E-state index contributed by atoms with van der Waals surface area (Å²) in [5.41, 5.74) is 3.70. The predicted molar refractivity (Wildman–Crippen MR) is 89.6 cm³/mol. The highest BCUT2D eigenvalue weighted by atomic mass is 32.1. The first kappa shape index (κ1) is 15.9. The van der Waals surface area contributed by atoms with Gasteiger partial charge in [0.15, 0.2) is 0 Å². The fourth-order valence-corrected chi connectivity index (χ4v) is 3.82. The number of hydrogen-bond donors (Lipinski definition) is 0. The van der Waals surface area contributed by atoms with Crippen molar-refractivity contribution in [1.82, 2.24) is 4.98 Å². The third kappa shape index (κ3) is 3.37. The van der Waals surface area contributed by atoms with E-state index in [-0.39, 0.29) is 6.61 Å². The van der Waals surface area contributed by atoms with Crippen molar-refractivity contribution in [1.29, 1.82) is 5.26 Å². The van der Waals surface area contributed by atoms with E-state index in [0.717, 1.165) is 41.8 Å². The minimum atomic E-state index is -0.426. The fraction of sp³-hybridized carbons (Fsp3) is 0.444. The minimum absolute atomic E-state index is 0.251. The van der Waals surface area contributed by atoms with Crippen LogP contribution in [0.5, 0.6) is 5.88 Å². The second-order valence-electron chi connectivity index (χ2n) is 5.63. The molecule has 3 rings (SSSR count). The second-order valence-corrected chi connectivity index (χ2v) is 6.58. The molecule has 0 unspecified atom stereocenters. The molecule has 0 aliphatic heterocycles. The zero-order chi connectivity index (χ0) is 16.1. The highest BCUT2D eigenvalue weighted by molar-refractivity contribution is 7.13. The van der Waals surface area contributed by atoms with E-state index in [2.05, 4.69) is 11.1 Å². The molecule has 0 fully saturated rings. The molecule has 2 aromatic heterocycles. The van der Waals surface area contributed by atoms with E-state index >= 15 is 0 Å². The summed E-state index contributed by atoms with van der Waals surface area (Å²) in [5.74, 6) is 0.366. The van der Waals surface area contributed by atoms with E-state index in [9.17, 15) is 9.65 Å². The first-order valence-corrected chi connectivity index (χ1v) is 8.91. The van der Waals surface area contributed by atoms with Crippen LogP contribution in [0.1, 0.15) is 42.5 Å². The molecule has 2 heterocycles. The maximum absolute atomic E-state index is 12.3. The Bertz CT molecular complexity index is 707. The van der Waals surface area contributed by atoms with Crippen LogP contribution in [0, 0.1) is 11.3 Å². The molecule has 1 aliphatic rings. The van der Waals surface area contributed by atoms with Gasteiger partial charge in [0.2, 0.25) is 5.88 Å². The van der Waals surface area contributed by atoms with E-state index < -0.39 is 6.67 Å². The summed E-state index contributed by atoms with van der Waals surface area (Å²) in [7, 11) is 0. The van der Waals surface area contributed by atoms with Crippen molar-refractivity contribution < 1.29 is 9.13 Å². The van der Waals surface area contributed by atoms with Crippen molar-refractivity contribution in [2.75, 3.05) is 13.3 Å². The second kappa shape index (κ2) is 7.56. The van der Waals surface area contributed by atoms with Gasteiger partial charge in [0.25, 0.3) is 0 Å². The summed E-state index contributed by atoms with van der Waals surface area (Å²) in [4.78, 5) is 5.70. The summed E-state index contributed by atoms with van der Waals surface area (Å²) in [6, 6.07) is 6.31. The highest BCUT2D eigenvalue weighted by Gasteiger charge is 2.23. The molecule has 0 radical (unpaired) electrons. The fourth-order valence-electron chi connectivity index (χ4n) is 3.02. The van der Waals surface area contributed by atoms with Gasteiger partial charge in [-0.25, -0.2) is 4.98 Å². The van der Waals surface area contributed by atoms with Gasteiger partial charge < -0.3 is 4.74 Å². The number of hydrogen-bond acceptors (Lipinski definition) is 4. The minimum Gasteiger partial charge on any atom is -0.477 e. The molecule has 0 N–H and O–H groups in total. The normalized spacial score (nSPS) is 13.9. The summed E-state index contributed by atoms with van der Waals surface area (Å²) >= 11 is 1.63. The predicted octanol–water partition coefficient (Wildman–Crippen LogP) is 4.69. The molecule has 3 nitrogen and oxygen atoms in total. The standard InChI is InChI=1S/C18H19FN2OS/c19-9-5-10-22-18-14(12-20)17(16-8-4-11-23-16)13-6-2-1-3-7-15(13)21-18/h4,8,11H,1-3,5-7,9-10H2. The van der Waals surface area contributed by atoms with Crippen LogP contribution in [-0.4, -0.2) is 18.3 Å².